The Bertz CT molecular complexity index is 723. The van der Waals surface area contributed by atoms with Crippen LogP contribution in [0.3, 0.4) is 0 Å². The minimum atomic E-state index is -1.28. The molecule has 0 fully saturated rings. The van der Waals surface area contributed by atoms with Crippen LogP contribution < -0.4 is 5.32 Å². The van der Waals surface area contributed by atoms with Gasteiger partial charge in [-0.3, -0.25) is 14.4 Å². The van der Waals surface area contributed by atoms with Gasteiger partial charge in [0.1, 0.15) is 23.7 Å². The Hall–Kier alpha value is -2.70. The molecule has 1 unspecified atom stereocenters. The van der Waals surface area contributed by atoms with Crippen LogP contribution in [-0.2, 0) is 14.4 Å². The minimum Gasteiger partial charge on any atom is -0.506 e. The van der Waals surface area contributed by atoms with Gasteiger partial charge in [-0.2, -0.15) is 0 Å². The molecule has 0 aromatic heterocycles. The highest BCUT2D eigenvalue weighted by Gasteiger charge is 2.37. The number of aliphatic hydroxyl groups is 1. The lowest BCUT2D eigenvalue weighted by atomic mass is 9.79. The Balaban J connectivity index is 2.58. The van der Waals surface area contributed by atoms with Gasteiger partial charge in [0.15, 0.2) is 5.78 Å². The highest BCUT2D eigenvalue weighted by Crippen LogP contribution is 2.38. The van der Waals surface area contributed by atoms with Crippen LogP contribution in [0.4, 0.5) is 4.39 Å². The molecule has 0 aliphatic heterocycles. The zero-order valence-corrected chi connectivity index (χ0v) is 11.9. The number of ketones is 1. The third-order valence-electron chi connectivity index (χ3n) is 3.57. The van der Waals surface area contributed by atoms with E-state index in [2.05, 4.69) is 0 Å². The maximum absolute atomic E-state index is 14.0. The van der Waals surface area contributed by atoms with Gasteiger partial charge in [0.05, 0.1) is 0 Å². The van der Waals surface area contributed by atoms with E-state index in [-0.39, 0.29) is 11.1 Å². The van der Waals surface area contributed by atoms with E-state index in [1.807, 2.05) is 5.32 Å². The first-order chi connectivity index (χ1) is 10.3. The highest BCUT2D eigenvalue weighted by molar-refractivity contribution is 6.27. The number of fused-ring (bicyclic) bond motifs is 1. The lowest BCUT2D eigenvalue weighted by Gasteiger charge is -2.25. The molecule has 1 aliphatic rings. The fourth-order valence-electron chi connectivity index (χ4n) is 2.49. The van der Waals surface area contributed by atoms with Crippen molar-refractivity contribution in [3.05, 3.63) is 40.2 Å². The summed E-state index contributed by atoms with van der Waals surface area (Å²) in [5.74, 6) is -5.25. The van der Waals surface area contributed by atoms with Gasteiger partial charge in [0, 0.05) is 17.0 Å². The van der Waals surface area contributed by atoms with Crippen molar-refractivity contribution < 1.29 is 29.0 Å². The lowest BCUT2D eigenvalue weighted by Crippen LogP contribution is -2.36. The van der Waals surface area contributed by atoms with E-state index >= 15 is 0 Å². The summed E-state index contributed by atoms with van der Waals surface area (Å²) in [5, 5.41) is 20.8. The zero-order valence-electron chi connectivity index (χ0n) is 11.9. The molecule has 0 bridgehead atoms. The average molecular weight is 307 g/mol. The van der Waals surface area contributed by atoms with Crippen molar-refractivity contribution in [1.29, 1.82) is 0 Å². The number of amides is 1. The first kappa shape index (κ1) is 15.7. The van der Waals surface area contributed by atoms with E-state index < -0.39 is 47.3 Å². The molecule has 2 rings (SSSR count). The summed E-state index contributed by atoms with van der Waals surface area (Å²) in [6.45, 7) is 2.36. The molecular weight excluding hydrogens is 293 g/mol. The molecule has 1 aliphatic carbocycles. The van der Waals surface area contributed by atoms with Crippen LogP contribution in [0, 0.1) is 12.7 Å². The SMILES string of the molecule is Cc1ccc(F)c2c1C(O)=C(C(=O)NCC(=O)O)C(=O)C2C. The minimum absolute atomic E-state index is 0.0392. The number of halogens is 1. The number of rotatable bonds is 3. The summed E-state index contributed by atoms with van der Waals surface area (Å²) in [6.07, 6.45) is 0. The molecule has 22 heavy (non-hydrogen) atoms. The van der Waals surface area contributed by atoms with Gasteiger partial charge in [0.2, 0.25) is 0 Å². The summed E-state index contributed by atoms with van der Waals surface area (Å²) in [4.78, 5) is 34.7. The fraction of sp³-hybridized carbons (Fsp3) is 0.267. The first-order valence-electron chi connectivity index (χ1n) is 6.52. The Kier molecular flexibility index (Phi) is 3.99. The molecule has 1 aromatic carbocycles. The molecular formula is C15H14FNO5. The van der Waals surface area contributed by atoms with E-state index in [1.54, 1.807) is 6.92 Å². The molecule has 1 atom stereocenters. The van der Waals surface area contributed by atoms with Crippen LogP contribution in [0.2, 0.25) is 0 Å². The van der Waals surface area contributed by atoms with E-state index in [9.17, 15) is 23.9 Å². The van der Waals surface area contributed by atoms with Crippen LogP contribution in [0.1, 0.15) is 29.5 Å². The quantitative estimate of drug-likeness (QED) is 0.730. The molecule has 3 N–H and O–H groups in total. The summed E-state index contributed by atoms with van der Waals surface area (Å²) >= 11 is 0. The maximum Gasteiger partial charge on any atom is 0.322 e. The number of Topliss-reactive ketones (excluding diaryl/α,β-unsaturated/α-hetero) is 1. The first-order valence-corrected chi connectivity index (χ1v) is 6.52. The predicted molar refractivity (Wildman–Crippen MR) is 74.8 cm³/mol. The molecule has 0 saturated carbocycles. The number of aryl methyl sites for hydroxylation is 1. The van der Waals surface area contributed by atoms with Gasteiger partial charge >= 0.3 is 5.97 Å². The number of aliphatic carboxylic acids is 1. The second kappa shape index (κ2) is 5.59. The number of hydrogen-bond donors (Lipinski definition) is 3. The van der Waals surface area contributed by atoms with Crippen molar-refractivity contribution in [2.24, 2.45) is 0 Å². The number of aliphatic hydroxyl groups excluding tert-OH is 1. The Morgan fingerprint density at radius 3 is 2.59 bits per heavy atom. The summed E-state index contributed by atoms with van der Waals surface area (Å²) in [5.41, 5.74) is 0.108. The van der Waals surface area contributed by atoms with Crippen molar-refractivity contribution >= 4 is 23.4 Å². The number of carboxylic acids is 1. The molecule has 116 valence electrons. The average Bonchev–Trinajstić information content (AvgIpc) is 2.45. The second-order valence-electron chi connectivity index (χ2n) is 5.04. The van der Waals surface area contributed by atoms with Crippen LogP contribution in [-0.4, -0.2) is 34.4 Å². The summed E-state index contributed by atoms with van der Waals surface area (Å²) in [6, 6.07) is 2.63. The Morgan fingerprint density at radius 2 is 2.00 bits per heavy atom. The highest BCUT2D eigenvalue weighted by atomic mass is 19.1. The molecule has 0 heterocycles. The fourth-order valence-corrected chi connectivity index (χ4v) is 2.49. The third kappa shape index (κ3) is 2.45. The van der Waals surface area contributed by atoms with Crippen LogP contribution in [0.5, 0.6) is 0 Å². The maximum atomic E-state index is 14.0. The molecule has 6 nitrogen and oxygen atoms in total. The number of carboxylic acid groups (broad SMARTS) is 1. The van der Waals surface area contributed by atoms with Gasteiger partial charge in [-0.15, -0.1) is 0 Å². The third-order valence-corrected chi connectivity index (χ3v) is 3.57. The molecule has 7 heteroatoms. The molecule has 0 radical (unpaired) electrons. The Morgan fingerprint density at radius 1 is 1.36 bits per heavy atom. The number of nitrogens with one attached hydrogen (secondary N) is 1. The van der Waals surface area contributed by atoms with Gasteiger partial charge < -0.3 is 15.5 Å². The normalized spacial score (nSPS) is 17.2. The van der Waals surface area contributed by atoms with Crippen molar-refractivity contribution in [2.75, 3.05) is 6.54 Å². The topological polar surface area (TPSA) is 104 Å². The van der Waals surface area contributed by atoms with Crippen LogP contribution in [0.25, 0.3) is 5.76 Å². The summed E-state index contributed by atoms with van der Waals surface area (Å²) < 4.78 is 14.0. The molecule has 1 aromatic rings. The van der Waals surface area contributed by atoms with E-state index in [0.717, 1.165) is 0 Å². The van der Waals surface area contributed by atoms with E-state index in [1.165, 1.54) is 19.1 Å². The van der Waals surface area contributed by atoms with Gasteiger partial charge in [-0.1, -0.05) is 13.0 Å². The number of hydrogen-bond acceptors (Lipinski definition) is 4. The van der Waals surface area contributed by atoms with Crippen molar-refractivity contribution in [1.82, 2.24) is 5.32 Å². The van der Waals surface area contributed by atoms with Gasteiger partial charge in [0.25, 0.3) is 5.91 Å². The molecule has 0 saturated heterocycles. The largest absolute Gasteiger partial charge is 0.506 e. The van der Waals surface area contributed by atoms with E-state index in [4.69, 9.17) is 5.11 Å². The number of carbonyl (C=O) groups is 3. The van der Waals surface area contributed by atoms with Gasteiger partial charge in [-0.05, 0) is 18.6 Å². The van der Waals surface area contributed by atoms with Crippen LogP contribution in [0.15, 0.2) is 17.7 Å². The van der Waals surface area contributed by atoms with Crippen LogP contribution >= 0.6 is 0 Å². The standard InChI is InChI=1S/C15H14FNO5/c1-6-3-4-8(16)11-7(2)13(20)12(14(21)10(6)11)15(22)17-5-9(18)19/h3-4,7,21H,5H2,1-2H3,(H,17,22)(H,18,19). The number of carbonyl (C=O) groups excluding carboxylic acids is 2. The second-order valence-corrected chi connectivity index (χ2v) is 5.04. The summed E-state index contributed by atoms with van der Waals surface area (Å²) in [7, 11) is 0. The smallest absolute Gasteiger partial charge is 0.322 e. The zero-order chi connectivity index (χ0) is 16.6. The van der Waals surface area contributed by atoms with E-state index in [0.29, 0.717) is 5.56 Å². The van der Waals surface area contributed by atoms with Gasteiger partial charge in [-0.25, -0.2) is 4.39 Å². The molecule has 0 spiro atoms. The molecule has 1 amide bonds. The monoisotopic (exact) mass is 307 g/mol. The lowest BCUT2D eigenvalue weighted by molar-refractivity contribution is -0.137. The van der Waals surface area contributed by atoms with Crippen molar-refractivity contribution in [3.8, 4) is 0 Å². The Labute approximate surface area is 125 Å². The number of benzene rings is 1. The van der Waals surface area contributed by atoms with Crippen molar-refractivity contribution in [3.63, 3.8) is 0 Å². The predicted octanol–water partition coefficient (Wildman–Crippen LogP) is 1.29. The van der Waals surface area contributed by atoms with Crippen molar-refractivity contribution in [2.45, 2.75) is 19.8 Å².